The van der Waals surface area contributed by atoms with E-state index in [1.165, 1.54) is 16.7 Å². The minimum atomic E-state index is -1.77. The first kappa shape index (κ1) is 39.9. The Morgan fingerprint density at radius 2 is 1.65 bits per heavy atom. The molecule has 314 valence electrons. The maximum Gasteiger partial charge on any atom is 0.335 e. The zero-order chi connectivity index (χ0) is 40.7. The summed E-state index contributed by atoms with van der Waals surface area (Å²) in [7, 11) is 0. The normalized spacial score (nSPS) is 50.5. The van der Waals surface area contributed by atoms with Gasteiger partial charge >= 0.3 is 11.9 Å². The molecule has 6 N–H and O–H groups in total. The van der Waals surface area contributed by atoms with Crippen LogP contribution in [0.4, 0.5) is 0 Å². The van der Waals surface area contributed by atoms with Crippen LogP contribution >= 0.6 is 0 Å². The van der Waals surface area contributed by atoms with Gasteiger partial charge in [-0.2, -0.15) is 0 Å². The molecule has 1 saturated heterocycles. The monoisotopic (exact) mass is 789 g/mol. The fourth-order valence-corrected chi connectivity index (χ4v) is 16.4. The Morgan fingerprint density at radius 1 is 0.912 bits per heavy atom. The lowest BCUT2D eigenvalue weighted by Gasteiger charge is -2.77. The average Bonchev–Trinajstić information content (AvgIpc) is 3.62. The number of ether oxygens (including phenoxy) is 2. The molecule has 0 radical (unpaired) electrons. The number of allylic oxidation sites excluding steroid dienone is 4. The van der Waals surface area contributed by atoms with Gasteiger partial charge in [-0.05, 0) is 152 Å². The molecule has 10 heteroatoms. The number of aromatic nitrogens is 1. The number of carboxylic acid groups (broad SMARTS) is 2. The maximum atomic E-state index is 13.7. The first-order valence-electron chi connectivity index (χ1n) is 22.2. The Bertz CT molecular complexity index is 1870. The van der Waals surface area contributed by atoms with Crippen LogP contribution in [0, 0.1) is 61.6 Å². The van der Waals surface area contributed by atoms with Crippen LogP contribution in [-0.2, 0) is 31.9 Å². The topological polar surface area (TPSA) is 170 Å². The summed E-state index contributed by atoms with van der Waals surface area (Å²) in [5, 5.41) is 53.3. The largest absolute Gasteiger partial charge is 0.481 e. The van der Waals surface area contributed by atoms with E-state index in [0.29, 0.717) is 24.2 Å². The van der Waals surface area contributed by atoms with Gasteiger partial charge in [-0.1, -0.05) is 65.3 Å². The summed E-state index contributed by atoms with van der Waals surface area (Å²) >= 11 is 0. The van der Waals surface area contributed by atoms with Gasteiger partial charge in [0, 0.05) is 17.8 Å². The first-order valence-corrected chi connectivity index (χ1v) is 22.2. The van der Waals surface area contributed by atoms with Gasteiger partial charge in [0.15, 0.2) is 12.4 Å². The fourth-order valence-electron chi connectivity index (χ4n) is 16.4. The molecule has 10 nitrogen and oxygen atoms in total. The molecule has 0 amide bonds. The zero-order valence-electron chi connectivity index (χ0n) is 34.9. The van der Waals surface area contributed by atoms with Crippen LogP contribution in [0.2, 0.25) is 0 Å². The van der Waals surface area contributed by atoms with Crippen molar-refractivity contribution in [1.82, 2.24) is 4.98 Å². The third-order valence-corrected chi connectivity index (χ3v) is 19.3. The number of hydrogen-bond acceptors (Lipinski definition) is 7. The molecule has 1 aliphatic heterocycles. The van der Waals surface area contributed by atoms with Crippen LogP contribution in [0.1, 0.15) is 130 Å². The van der Waals surface area contributed by atoms with Gasteiger partial charge in [0.1, 0.15) is 18.3 Å². The van der Waals surface area contributed by atoms with Gasteiger partial charge in [0.25, 0.3) is 0 Å². The molecule has 2 heterocycles. The van der Waals surface area contributed by atoms with Crippen LogP contribution in [0.3, 0.4) is 0 Å². The number of aliphatic hydroxyl groups excluding tert-OH is 3. The third kappa shape index (κ3) is 5.12. The van der Waals surface area contributed by atoms with E-state index in [1.54, 1.807) is 0 Å². The Kier molecular flexibility index (Phi) is 9.11. The van der Waals surface area contributed by atoms with Crippen LogP contribution < -0.4 is 0 Å². The molecule has 16 atom stereocenters. The summed E-state index contributed by atoms with van der Waals surface area (Å²) in [5.74, 6) is -0.785. The number of fused-ring (bicyclic) bond motifs is 3. The molecular weight excluding hydrogens is 723 g/mol. The molecule has 16 unspecified atom stereocenters. The van der Waals surface area contributed by atoms with Crippen LogP contribution in [0.5, 0.6) is 0 Å². The van der Waals surface area contributed by atoms with E-state index in [-0.39, 0.29) is 33.7 Å². The minimum absolute atomic E-state index is 0.0551. The summed E-state index contributed by atoms with van der Waals surface area (Å²) in [6, 6.07) is 0. The van der Waals surface area contributed by atoms with Crippen molar-refractivity contribution in [3.8, 4) is 0 Å². The van der Waals surface area contributed by atoms with Gasteiger partial charge in [0.2, 0.25) is 0 Å². The molecule has 6 fully saturated rings. The summed E-state index contributed by atoms with van der Waals surface area (Å²) < 4.78 is 12.5. The lowest BCUT2D eigenvalue weighted by molar-refractivity contribution is -0.334. The summed E-state index contributed by atoms with van der Waals surface area (Å²) in [6.07, 6.45) is 16.1. The Morgan fingerprint density at radius 3 is 2.37 bits per heavy atom. The molecule has 2 bridgehead atoms. The van der Waals surface area contributed by atoms with Crippen molar-refractivity contribution in [2.75, 3.05) is 0 Å². The van der Waals surface area contributed by atoms with Crippen molar-refractivity contribution >= 4 is 11.9 Å². The Balaban J connectivity index is 1.16. The number of carboxylic acids is 2. The number of H-pyrrole nitrogens is 1. The lowest BCUT2D eigenvalue weighted by Crippen LogP contribution is -2.72. The SMILES string of the molecule is CCc1c[nH]cc1CCC12C3CCC4C=C5C(C)(CCC6(C(=O)O)CCC7(C)CC=CC56C7)C(C)(CCC1C(C)(C)C(OC1OC(C(=O)O)C(O)C(O)C1O)C3)C42. The Labute approximate surface area is 337 Å². The van der Waals surface area contributed by atoms with Gasteiger partial charge < -0.3 is 40.0 Å². The number of aliphatic hydroxyl groups is 3. The number of nitrogens with one attached hydrogen (secondary N) is 1. The quantitative estimate of drug-likeness (QED) is 0.118. The average molecular weight is 790 g/mol. The van der Waals surface area contributed by atoms with Crippen molar-refractivity contribution in [2.45, 2.75) is 168 Å². The number of carbonyl (C=O) groups is 2. The van der Waals surface area contributed by atoms with Crippen molar-refractivity contribution in [3.63, 3.8) is 0 Å². The van der Waals surface area contributed by atoms with Gasteiger partial charge in [-0.3, -0.25) is 4.79 Å². The van der Waals surface area contributed by atoms with Gasteiger partial charge in [-0.15, -0.1) is 0 Å². The third-order valence-electron chi connectivity index (χ3n) is 19.3. The van der Waals surface area contributed by atoms with E-state index in [0.717, 1.165) is 83.5 Å². The minimum Gasteiger partial charge on any atom is -0.481 e. The molecule has 7 aliphatic carbocycles. The van der Waals surface area contributed by atoms with Crippen LogP contribution in [0.15, 0.2) is 36.2 Å². The highest BCUT2D eigenvalue weighted by Gasteiger charge is 2.77. The molecule has 9 rings (SSSR count). The zero-order valence-corrected chi connectivity index (χ0v) is 34.9. The van der Waals surface area contributed by atoms with E-state index < -0.39 is 58.9 Å². The van der Waals surface area contributed by atoms with Crippen molar-refractivity contribution in [3.05, 3.63) is 47.3 Å². The van der Waals surface area contributed by atoms with Gasteiger partial charge in [-0.25, -0.2) is 4.79 Å². The first-order chi connectivity index (χ1) is 26.8. The molecule has 57 heavy (non-hydrogen) atoms. The summed E-state index contributed by atoms with van der Waals surface area (Å²) in [5.41, 5.74) is 2.33. The molecule has 1 aromatic heterocycles. The number of aromatic amines is 1. The predicted octanol–water partition coefficient (Wildman–Crippen LogP) is 7.21. The van der Waals surface area contributed by atoms with E-state index in [9.17, 15) is 35.1 Å². The van der Waals surface area contributed by atoms with Crippen LogP contribution in [-0.4, -0.2) is 79.3 Å². The predicted molar refractivity (Wildman–Crippen MR) is 213 cm³/mol. The summed E-state index contributed by atoms with van der Waals surface area (Å²) in [4.78, 5) is 29.1. The molecule has 1 aromatic rings. The molecule has 0 aromatic carbocycles. The second kappa shape index (κ2) is 13.0. The molecule has 5 saturated carbocycles. The fraction of sp³-hybridized carbons (Fsp3) is 0.787. The maximum absolute atomic E-state index is 13.7. The molecular formula is C47H67NO9. The van der Waals surface area contributed by atoms with Crippen molar-refractivity contribution in [1.29, 1.82) is 0 Å². The highest BCUT2D eigenvalue weighted by Crippen LogP contribution is 2.82. The number of rotatable bonds is 8. The second-order valence-electron chi connectivity index (χ2n) is 21.7. The van der Waals surface area contributed by atoms with E-state index in [2.05, 4.69) is 77.1 Å². The van der Waals surface area contributed by atoms with E-state index in [4.69, 9.17) is 9.47 Å². The second-order valence-corrected chi connectivity index (χ2v) is 21.7. The standard InChI is InChI=1S/C47H67NO9/c1-7-26-23-48-24-28(26)11-16-47-29-10-9-27-21-31-43(5,18-20-45(40(54)55)19-17-42(4)13-8-14-46(31,45)25-42)44(6,37(27)47)15-12-30(47)41(2,3)32(22-29)56-39-35(51)33(49)34(50)36(57-39)38(52)53/h8,14,21,23-24,27,29-30,32-37,39,48-51H,7,9-13,15-20,22,25H2,1-6H3,(H,52,53)(H,54,55). The number of aryl methyl sites for hydroxylation is 2. The van der Waals surface area contributed by atoms with Crippen molar-refractivity contribution in [2.24, 2.45) is 61.6 Å². The lowest BCUT2D eigenvalue weighted by atomic mass is 9.27. The summed E-state index contributed by atoms with van der Waals surface area (Å²) in [6.45, 7) is 14.3. The number of hydrogen-bond donors (Lipinski definition) is 6. The van der Waals surface area contributed by atoms with E-state index in [1.807, 2.05) is 0 Å². The number of aliphatic carboxylic acids is 2. The highest BCUT2D eigenvalue weighted by atomic mass is 16.7. The molecule has 1 spiro atoms. The van der Waals surface area contributed by atoms with Gasteiger partial charge in [0.05, 0.1) is 11.5 Å². The van der Waals surface area contributed by atoms with Crippen LogP contribution in [0.25, 0.3) is 0 Å². The smallest absolute Gasteiger partial charge is 0.335 e. The Hall–Kier alpha value is -2.50. The van der Waals surface area contributed by atoms with E-state index >= 15 is 0 Å². The molecule has 8 aliphatic rings. The highest BCUT2D eigenvalue weighted by molar-refractivity contribution is 5.79. The van der Waals surface area contributed by atoms with Crippen molar-refractivity contribution < 1.29 is 44.6 Å².